The van der Waals surface area contributed by atoms with Crippen LogP contribution in [0.3, 0.4) is 0 Å². The maximum atomic E-state index is 14.2. The van der Waals surface area contributed by atoms with Gasteiger partial charge in [-0.25, -0.2) is 13.8 Å². The van der Waals surface area contributed by atoms with Gasteiger partial charge in [-0.1, -0.05) is 17.7 Å². The van der Waals surface area contributed by atoms with E-state index in [0.717, 1.165) is 12.7 Å². The number of ether oxygens (including phenoxy) is 1. The molecule has 0 atom stereocenters. The second kappa shape index (κ2) is 9.51. The summed E-state index contributed by atoms with van der Waals surface area (Å²) in [4.78, 5) is 16.7. The van der Waals surface area contributed by atoms with Gasteiger partial charge in [0.1, 0.15) is 11.1 Å². The first kappa shape index (κ1) is 24.4. The van der Waals surface area contributed by atoms with Gasteiger partial charge in [-0.2, -0.15) is 8.78 Å². The summed E-state index contributed by atoms with van der Waals surface area (Å²) >= 11 is 11.1. The summed E-state index contributed by atoms with van der Waals surface area (Å²) in [7, 11) is 0.823. The van der Waals surface area contributed by atoms with Crippen molar-refractivity contribution in [2.24, 2.45) is 0 Å². The number of benzene rings is 3. The molecule has 12 heteroatoms. The van der Waals surface area contributed by atoms with Gasteiger partial charge in [0.2, 0.25) is 17.5 Å². The smallest absolute Gasteiger partial charge is 0.263 e. The van der Waals surface area contributed by atoms with E-state index in [0.29, 0.717) is 33.3 Å². The zero-order valence-electron chi connectivity index (χ0n) is 17.9. The standard InChI is InChI=1S/C23H14ClF4N3O3S/c1-9-3-4-10(7-12(9)24)22-30-13-8-11(5-6-14(13)34-22)29-23(35)31-21(32)15-16(25)18(27)20(33-2)19(28)17(15)26/h3-8H,1-2H3,(H2,29,31,32,35). The number of methoxy groups -OCH3 is 1. The van der Waals surface area contributed by atoms with Crippen molar-refractivity contribution in [2.45, 2.75) is 6.92 Å². The highest BCUT2D eigenvalue weighted by atomic mass is 35.5. The molecule has 6 nitrogen and oxygen atoms in total. The fraction of sp³-hybridized carbons (Fsp3) is 0.0870. The predicted molar refractivity (Wildman–Crippen MR) is 126 cm³/mol. The molecule has 1 aromatic heterocycles. The Kier molecular flexibility index (Phi) is 6.64. The molecular weight excluding hydrogens is 510 g/mol. The monoisotopic (exact) mass is 523 g/mol. The van der Waals surface area contributed by atoms with Crippen molar-refractivity contribution in [1.82, 2.24) is 10.3 Å². The minimum atomic E-state index is -1.92. The Balaban J connectivity index is 1.53. The first-order valence-corrected chi connectivity index (χ1v) is 10.6. The summed E-state index contributed by atoms with van der Waals surface area (Å²) in [6.45, 7) is 1.86. The maximum Gasteiger partial charge on any atom is 0.263 e. The molecule has 0 bridgehead atoms. The molecule has 0 spiro atoms. The Bertz CT molecular complexity index is 1480. The van der Waals surface area contributed by atoms with Crippen molar-refractivity contribution in [3.8, 4) is 17.2 Å². The van der Waals surface area contributed by atoms with Crippen LogP contribution >= 0.6 is 23.8 Å². The van der Waals surface area contributed by atoms with Gasteiger partial charge in [0, 0.05) is 16.3 Å². The molecule has 0 unspecified atom stereocenters. The average Bonchev–Trinajstić information content (AvgIpc) is 3.23. The van der Waals surface area contributed by atoms with Crippen molar-refractivity contribution < 1.29 is 31.5 Å². The number of hydrogen-bond donors (Lipinski definition) is 2. The summed E-state index contributed by atoms with van der Waals surface area (Å²) in [6.07, 6.45) is 0. The lowest BCUT2D eigenvalue weighted by molar-refractivity contribution is 0.0966. The molecule has 3 aromatic carbocycles. The number of amides is 1. The quantitative estimate of drug-likeness (QED) is 0.190. The van der Waals surface area contributed by atoms with Gasteiger partial charge in [0.15, 0.2) is 28.1 Å². The number of aryl methyl sites for hydroxylation is 1. The van der Waals surface area contributed by atoms with E-state index in [9.17, 15) is 22.4 Å². The van der Waals surface area contributed by atoms with E-state index in [1.54, 1.807) is 30.3 Å². The molecule has 0 fully saturated rings. The summed E-state index contributed by atoms with van der Waals surface area (Å²) < 4.78 is 66.2. The lowest BCUT2D eigenvalue weighted by Crippen LogP contribution is -2.35. The van der Waals surface area contributed by atoms with Crippen molar-refractivity contribution >= 4 is 51.6 Å². The van der Waals surface area contributed by atoms with Crippen LogP contribution in [0.5, 0.6) is 5.75 Å². The topological polar surface area (TPSA) is 76.4 Å². The molecule has 2 N–H and O–H groups in total. The minimum Gasteiger partial charge on any atom is -0.491 e. The summed E-state index contributed by atoms with van der Waals surface area (Å²) in [5.74, 6) is -10.0. The van der Waals surface area contributed by atoms with Gasteiger partial charge in [0.05, 0.1) is 7.11 Å². The number of nitrogens with zero attached hydrogens (tertiary/aromatic N) is 1. The molecule has 0 saturated carbocycles. The predicted octanol–water partition coefficient (Wildman–Crippen LogP) is 6.15. The summed E-state index contributed by atoms with van der Waals surface area (Å²) in [6, 6.07) is 10.0. The zero-order chi connectivity index (χ0) is 25.4. The molecule has 0 aliphatic carbocycles. The summed E-state index contributed by atoms with van der Waals surface area (Å²) in [5, 5.41) is 4.77. The van der Waals surface area contributed by atoms with Crippen LogP contribution in [0.25, 0.3) is 22.6 Å². The molecule has 0 radical (unpaired) electrons. The third kappa shape index (κ3) is 4.64. The lowest BCUT2D eigenvalue weighted by atomic mass is 10.1. The number of carbonyl (C=O) groups excluding carboxylic acids is 1. The Labute approximate surface area is 205 Å². The van der Waals surface area contributed by atoms with E-state index in [1.165, 1.54) is 0 Å². The van der Waals surface area contributed by atoms with Crippen LogP contribution in [-0.4, -0.2) is 23.1 Å². The lowest BCUT2D eigenvalue weighted by Gasteiger charge is -2.12. The Hall–Kier alpha value is -3.70. The number of nitrogens with one attached hydrogen (secondary N) is 2. The van der Waals surface area contributed by atoms with E-state index in [-0.39, 0.29) is 5.11 Å². The average molecular weight is 524 g/mol. The number of fused-ring (bicyclic) bond motifs is 1. The second-order valence-electron chi connectivity index (χ2n) is 7.24. The number of carbonyl (C=O) groups is 1. The maximum absolute atomic E-state index is 14.2. The fourth-order valence-electron chi connectivity index (χ4n) is 3.17. The van der Waals surface area contributed by atoms with Crippen LogP contribution < -0.4 is 15.4 Å². The third-order valence-corrected chi connectivity index (χ3v) is 5.56. The largest absolute Gasteiger partial charge is 0.491 e. The van der Waals surface area contributed by atoms with Crippen LogP contribution in [0, 0.1) is 30.2 Å². The number of aromatic nitrogens is 1. The first-order chi connectivity index (χ1) is 16.6. The number of rotatable bonds is 4. The Morgan fingerprint density at radius 1 is 1.06 bits per heavy atom. The van der Waals surface area contributed by atoms with Crippen LogP contribution in [0.1, 0.15) is 15.9 Å². The normalized spacial score (nSPS) is 10.9. The second-order valence-corrected chi connectivity index (χ2v) is 8.05. The minimum absolute atomic E-state index is 0.324. The highest BCUT2D eigenvalue weighted by Crippen LogP contribution is 2.31. The molecule has 4 aromatic rings. The van der Waals surface area contributed by atoms with Crippen LogP contribution in [0.2, 0.25) is 5.02 Å². The van der Waals surface area contributed by atoms with Crippen molar-refractivity contribution in [3.63, 3.8) is 0 Å². The van der Waals surface area contributed by atoms with E-state index >= 15 is 0 Å². The molecular formula is C23H14ClF4N3O3S. The fourth-order valence-corrected chi connectivity index (χ4v) is 3.56. The van der Waals surface area contributed by atoms with Crippen LogP contribution in [0.15, 0.2) is 40.8 Å². The first-order valence-electron chi connectivity index (χ1n) is 9.80. The Morgan fingerprint density at radius 2 is 1.74 bits per heavy atom. The SMILES string of the molecule is COc1c(F)c(F)c(C(=O)NC(=S)Nc2ccc3oc(-c4ccc(C)c(Cl)c4)nc3c2)c(F)c1F. The van der Waals surface area contributed by atoms with Crippen molar-refractivity contribution in [2.75, 3.05) is 12.4 Å². The van der Waals surface area contributed by atoms with Crippen LogP contribution in [0.4, 0.5) is 23.2 Å². The van der Waals surface area contributed by atoms with Gasteiger partial charge in [-0.15, -0.1) is 0 Å². The number of oxazole rings is 1. The number of anilines is 1. The van der Waals surface area contributed by atoms with Gasteiger partial charge in [0.25, 0.3) is 5.91 Å². The van der Waals surface area contributed by atoms with E-state index in [1.807, 2.05) is 18.3 Å². The zero-order valence-corrected chi connectivity index (χ0v) is 19.5. The third-order valence-electron chi connectivity index (χ3n) is 4.95. The molecule has 4 rings (SSSR count). The molecule has 0 aliphatic heterocycles. The van der Waals surface area contributed by atoms with Gasteiger partial charge in [-0.05, 0) is 55.0 Å². The number of thiocarbonyl (C=S) groups is 1. The van der Waals surface area contributed by atoms with Gasteiger partial charge in [-0.3, -0.25) is 10.1 Å². The van der Waals surface area contributed by atoms with E-state index < -0.39 is 40.5 Å². The number of hydrogen-bond acceptors (Lipinski definition) is 5. The molecule has 1 amide bonds. The summed E-state index contributed by atoms with van der Waals surface area (Å²) in [5.41, 5.74) is 1.30. The molecule has 0 saturated heterocycles. The number of halogens is 5. The van der Waals surface area contributed by atoms with E-state index in [2.05, 4.69) is 15.0 Å². The van der Waals surface area contributed by atoms with E-state index in [4.69, 9.17) is 28.2 Å². The highest BCUT2D eigenvalue weighted by Gasteiger charge is 2.30. The Morgan fingerprint density at radius 3 is 2.37 bits per heavy atom. The highest BCUT2D eigenvalue weighted by molar-refractivity contribution is 7.80. The van der Waals surface area contributed by atoms with Crippen molar-refractivity contribution in [1.29, 1.82) is 0 Å². The molecule has 35 heavy (non-hydrogen) atoms. The van der Waals surface area contributed by atoms with Crippen molar-refractivity contribution in [3.05, 3.63) is 75.8 Å². The molecule has 1 heterocycles. The van der Waals surface area contributed by atoms with Crippen LogP contribution in [-0.2, 0) is 0 Å². The van der Waals surface area contributed by atoms with Gasteiger partial charge >= 0.3 is 0 Å². The van der Waals surface area contributed by atoms with Gasteiger partial charge < -0.3 is 14.5 Å². The molecule has 180 valence electrons. The molecule has 0 aliphatic rings.